The lowest BCUT2D eigenvalue weighted by Crippen LogP contribution is -2.20. The maximum Gasteiger partial charge on any atom is 0.0573 e. The van der Waals surface area contributed by atoms with Crippen LogP contribution in [0.3, 0.4) is 0 Å². The standard InChI is InChI=1S/C6H14OS/c1-3-4-6(2,8)5-7/h7-8H,3-5H2,1-2H3. The highest BCUT2D eigenvalue weighted by atomic mass is 32.1. The summed E-state index contributed by atoms with van der Waals surface area (Å²) >= 11 is 4.22. The van der Waals surface area contributed by atoms with Gasteiger partial charge < -0.3 is 5.11 Å². The third kappa shape index (κ3) is 3.33. The van der Waals surface area contributed by atoms with E-state index >= 15 is 0 Å². The molecule has 0 spiro atoms. The topological polar surface area (TPSA) is 20.2 Å². The maximum absolute atomic E-state index is 8.65. The number of aliphatic hydroxyl groups excluding tert-OH is 1. The van der Waals surface area contributed by atoms with Crippen LogP contribution in [0.5, 0.6) is 0 Å². The Labute approximate surface area is 56.5 Å². The smallest absolute Gasteiger partial charge is 0.0573 e. The van der Waals surface area contributed by atoms with Gasteiger partial charge in [0.1, 0.15) is 0 Å². The van der Waals surface area contributed by atoms with E-state index in [4.69, 9.17) is 5.11 Å². The van der Waals surface area contributed by atoms with Crippen molar-refractivity contribution in [2.45, 2.75) is 31.4 Å². The molecule has 1 atom stereocenters. The molecule has 0 radical (unpaired) electrons. The minimum Gasteiger partial charge on any atom is -0.395 e. The summed E-state index contributed by atoms with van der Waals surface area (Å²) in [4.78, 5) is 0. The van der Waals surface area contributed by atoms with E-state index in [1.54, 1.807) is 0 Å². The Hall–Kier alpha value is 0.310. The largest absolute Gasteiger partial charge is 0.395 e. The lowest BCUT2D eigenvalue weighted by Gasteiger charge is -2.18. The molecule has 1 nitrogen and oxygen atoms in total. The zero-order chi connectivity index (χ0) is 6.62. The van der Waals surface area contributed by atoms with Crippen LogP contribution >= 0.6 is 12.6 Å². The van der Waals surface area contributed by atoms with Gasteiger partial charge in [0.15, 0.2) is 0 Å². The Morgan fingerprint density at radius 3 is 2.25 bits per heavy atom. The summed E-state index contributed by atoms with van der Waals surface area (Å²) in [6.07, 6.45) is 2.06. The van der Waals surface area contributed by atoms with Gasteiger partial charge in [-0.15, -0.1) is 0 Å². The van der Waals surface area contributed by atoms with Gasteiger partial charge in [-0.3, -0.25) is 0 Å². The number of hydrogen-bond acceptors (Lipinski definition) is 2. The highest BCUT2D eigenvalue weighted by Gasteiger charge is 2.14. The molecular weight excluding hydrogens is 120 g/mol. The fraction of sp³-hybridized carbons (Fsp3) is 1.00. The normalized spacial score (nSPS) is 18.0. The molecule has 0 aliphatic heterocycles. The van der Waals surface area contributed by atoms with Crippen molar-refractivity contribution in [2.24, 2.45) is 0 Å². The molecule has 0 aliphatic rings. The van der Waals surface area contributed by atoms with Crippen LogP contribution in [0.4, 0.5) is 0 Å². The molecule has 0 aromatic carbocycles. The predicted octanol–water partition coefficient (Wildman–Crippen LogP) is 1.47. The van der Waals surface area contributed by atoms with Crippen LogP contribution in [-0.4, -0.2) is 16.5 Å². The molecule has 0 fully saturated rings. The molecule has 2 heteroatoms. The molecule has 0 saturated carbocycles. The second-order valence-corrected chi connectivity index (χ2v) is 3.48. The Morgan fingerprint density at radius 2 is 2.12 bits per heavy atom. The Morgan fingerprint density at radius 1 is 1.62 bits per heavy atom. The molecule has 0 rings (SSSR count). The second-order valence-electron chi connectivity index (χ2n) is 2.41. The quantitative estimate of drug-likeness (QED) is 0.560. The summed E-state index contributed by atoms with van der Waals surface area (Å²) in [6.45, 7) is 4.20. The predicted molar refractivity (Wildman–Crippen MR) is 39.4 cm³/mol. The highest BCUT2D eigenvalue weighted by molar-refractivity contribution is 7.81. The van der Waals surface area contributed by atoms with E-state index in [9.17, 15) is 0 Å². The van der Waals surface area contributed by atoms with E-state index in [0.29, 0.717) is 0 Å². The van der Waals surface area contributed by atoms with E-state index in [-0.39, 0.29) is 11.4 Å². The van der Waals surface area contributed by atoms with Crippen molar-refractivity contribution < 1.29 is 5.11 Å². The van der Waals surface area contributed by atoms with Crippen molar-refractivity contribution in [1.82, 2.24) is 0 Å². The van der Waals surface area contributed by atoms with E-state index in [1.807, 2.05) is 6.92 Å². The number of rotatable bonds is 3. The van der Waals surface area contributed by atoms with Crippen molar-refractivity contribution in [2.75, 3.05) is 6.61 Å². The lowest BCUT2D eigenvalue weighted by atomic mass is 10.1. The molecule has 0 bridgehead atoms. The van der Waals surface area contributed by atoms with Gasteiger partial charge in [-0.1, -0.05) is 13.3 Å². The first-order chi connectivity index (χ1) is 3.62. The SMILES string of the molecule is CCCC(C)(S)CO. The average Bonchev–Trinajstić information content (AvgIpc) is 1.67. The summed E-state index contributed by atoms with van der Waals surface area (Å²) in [7, 11) is 0. The zero-order valence-corrected chi connectivity index (χ0v) is 6.41. The van der Waals surface area contributed by atoms with Crippen LogP contribution in [0, 0.1) is 0 Å². The monoisotopic (exact) mass is 134 g/mol. The maximum atomic E-state index is 8.65. The van der Waals surface area contributed by atoms with Gasteiger partial charge in [-0.05, 0) is 13.3 Å². The van der Waals surface area contributed by atoms with Gasteiger partial charge in [0.05, 0.1) is 6.61 Å². The van der Waals surface area contributed by atoms with Gasteiger partial charge in [0.2, 0.25) is 0 Å². The highest BCUT2D eigenvalue weighted by Crippen LogP contribution is 2.18. The lowest BCUT2D eigenvalue weighted by molar-refractivity contribution is 0.250. The summed E-state index contributed by atoms with van der Waals surface area (Å²) in [5.41, 5.74) is 0. The van der Waals surface area contributed by atoms with Crippen molar-refractivity contribution in [3.05, 3.63) is 0 Å². The molecule has 0 heterocycles. The summed E-state index contributed by atoms with van der Waals surface area (Å²) in [5, 5.41) is 8.65. The van der Waals surface area contributed by atoms with Crippen molar-refractivity contribution in [3.63, 3.8) is 0 Å². The molecule has 1 N–H and O–H groups in total. The van der Waals surface area contributed by atoms with E-state index in [0.717, 1.165) is 12.8 Å². The molecule has 8 heavy (non-hydrogen) atoms. The Balaban J connectivity index is 3.37. The zero-order valence-electron chi connectivity index (χ0n) is 5.52. The van der Waals surface area contributed by atoms with Crippen LogP contribution in [0.25, 0.3) is 0 Å². The minimum absolute atomic E-state index is 0.158. The Kier molecular flexibility index (Phi) is 3.49. The number of thiol groups is 1. The molecule has 0 aromatic rings. The molecule has 0 aliphatic carbocycles. The number of aliphatic hydroxyl groups is 1. The van der Waals surface area contributed by atoms with Crippen LogP contribution in [0.2, 0.25) is 0 Å². The minimum atomic E-state index is -0.158. The van der Waals surface area contributed by atoms with Crippen LogP contribution in [0.1, 0.15) is 26.7 Å². The Bertz CT molecular complexity index is 61.5. The van der Waals surface area contributed by atoms with Gasteiger partial charge in [-0.2, -0.15) is 12.6 Å². The first-order valence-electron chi connectivity index (χ1n) is 2.95. The van der Waals surface area contributed by atoms with Gasteiger partial charge in [-0.25, -0.2) is 0 Å². The van der Waals surface area contributed by atoms with Crippen LogP contribution in [-0.2, 0) is 0 Å². The second kappa shape index (κ2) is 3.36. The van der Waals surface area contributed by atoms with Crippen molar-refractivity contribution in [3.8, 4) is 0 Å². The van der Waals surface area contributed by atoms with Gasteiger partial charge in [0.25, 0.3) is 0 Å². The third-order valence-corrected chi connectivity index (χ3v) is 1.49. The molecule has 1 unspecified atom stereocenters. The summed E-state index contributed by atoms with van der Waals surface area (Å²) < 4.78 is -0.158. The van der Waals surface area contributed by atoms with Crippen LogP contribution in [0.15, 0.2) is 0 Å². The van der Waals surface area contributed by atoms with Crippen LogP contribution < -0.4 is 0 Å². The van der Waals surface area contributed by atoms with E-state index < -0.39 is 0 Å². The first kappa shape index (κ1) is 8.31. The summed E-state index contributed by atoms with van der Waals surface area (Å²) in [6, 6.07) is 0. The third-order valence-electron chi connectivity index (χ3n) is 1.13. The van der Waals surface area contributed by atoms with Gasteiger partial charge in [0, 0.05) is 4.75 Å². The average molecular weight is 134 g/mol. The first-order valence-corrected chi connectivity index (χ1v) is 3.40. The molecular formula is C6H14OS. The van der Waals surface area contributed by atoms with Crippen molar-refractivity contribution in [1.29, 1.82) is 0 Å². The molecule has 50 valence electrons. The summed E-state index contributed by atoms with van der Waals surface area (Å²) in [5.74, 6) is 0. The van der Waals surface area contributed by atoms with E-state index in [1.165, 1.54) is 0 Å². The van der Waals surface area contributed by atoms with E-state index in [2.05, 4.69) is 19.6 Å². The molecule has 0 aromatic heterocycles. The fourth-order valence-corrected chi connectivity index (χ4v) is 0.841. The van der Waals surface area contributed by atoms with Crippen molar-refractivity contribution >= 4 is 12.6 Å². The molecule has 0 amide bonds. The molecule has 0 saturated heterocycles. The van der Waals surface area contributed by atoms with Gasteiger partial charge >= 0.3 is 0 Å². The fourth-order valence-electron chi connectivity index (χ4n) is 0.618. The number of hydrogen-bond donors (Lipinski definition) is 2.